The first-order valence-corrected chi connectivity index (χ1v) is 8.17. The van der Waals surface area contributed by atoms with Gasteiger partial charge in [-0.25, -0.2) is 8.42 Å². The molecule has 3 N–H and O–H groups in total. The van der Waals surface area contributed by atoms with Crippen LogP contribution < -0.4 is 11.1 Å². The predicted octanol–water partition coefficient (Wildman–Crippen LogP) is 0.718. The van der Waals surface area contributed by atoms with Crippen molar-refractivity contribution in [1.29, 1.82) is 0 Å². The number of sulfone groups is 1. The minimum atomic E-state index is -3.10. The fourth-order valence-electron chi connectivity index (χ4n) is 1.44. The minimum absolute atomic E-state index is 0.0985. The Labute approximate surface area is 118 Å². The topological polar surface area (TPSA) is 89.3 Å². The van der Waals surface area contributed by atoms with Gasteiger partial charge in [0.1, 0.15) is 9.84 Å². The Morgan fingerprint density at radius 1 is 1.47 bits per heavy atom. The van der Waals surface area contributed by atoms with E-state index in [0.29, 0.717) is 11.6 Å². The molecule has 0 saturated heterocycles. The second-order valence-electron chi connectivity index (χ2n) is 4.37. The van der Waals surface area contributed by atoms with Crippen LogP contribution in [-0.4, -0.2) is 32.4 Å². The molecule has 1 unspecified atom stereocenters. The van der Waals surface area contributed by atoms with Gasteiger partial charge in [0.2, 0.25) is 5.91 Å². The van der Waals surface area contributed by atoms with Crippen molar-refractivity contribution in [2.45, 2.75) is 19.0 Å². The first kappa shape index (κ1) is 15.9. The van der Waals surface area contributed by atoms with Gasteiger partial charge in [0, 0.05) is 17.8 Å². The monoisotopic (exact) mass is 304 g/mol. The molecule has 0 heterocycles. The first-order valence-electron chi connectivity index (χ1n) is 5.73. The normalized spacial score (nSPS) is 13.0. The van der Waals surface area contributed by atoms with Crippen LogP contribution in [0.3, 0.4) is 0 Å². The van der Waals surface area contributed by atoms with E-state index in [2.05, 4.69) is 5.32 Å². The second kappa shape index (κ2) is 6.88. The Morgan fingerprint density at radius 2 is 2.16 bits per heavy atom. The summed E-state index contributed by atoms with van der Waals surface area (Å²) in [4.78, 5) is 11.7. The summed E-state index contributed by atoms with van der Waals surface area (Å²) in [5, 5.41) is 3.24. The zero-order valence-corrected chi connectivity index (χ0v) is 12.2. The molecule has 1 rings (SSSR count). The number of amides is 1. The van der Waals surface area contributed by atoms with Crippen molar-refractivity contribution in [2.75, 3.05) is 12.0 Å². The second-order valence-corrected chi connectivity index (χ2v) is 7.07. The van der Waals surface area contributed by atoms with Gasteiger partial charge in [0.05, 0.1) is 11.8 Å². The average molecular weight is 305 g/mol. The van der Waals surface area contributed by atoms with Gasteiger partial charge in [-0.3, -0.25) is 4.79 Å². The van der Waals surface area contributed by atoms with Gasteiger partial charge in [-0.05, 0) is 24.1 Å². The van der Waals surface area contributed by atoms with Crippen LogP contribution in [0.4, 0.5) is 0 Å². The molecule has 5 nitrogen and oxygen atoms in total. The fourth-order valence-corrected chi connectivity index (χ4v) is 2.33. The Morgan fingerprint density at radius 3 is 2.74 bits per heavy atom. The largest absolute Gasteiger partial charge is 0.351 e. The maximum absolute atomic E-state index is 11.7. The number of halogens is 1. The Hall–Kier alpha value is -1.11. The molecule has 1 aromatic rings. The molecule has 0 fully saturated rings. The molecule has 0 aliphatic carbocycles. The van der Waals surface area contributed by atoms with E-state index in [-0.39, 0.29) is 18.1 Å². The third kappa shape index (κ3) is 6.56. The van der Waals surface area contributed by atoms with Crippen LogP contribution in [0.15, 0.2) is 24.3 Å². The zero-order chi connectivity index (χ0) is 14.5. The van der Waals surface area contributed by atoms with Gasteiger partial charge < -0.3 is 11.1 Å². The van der Waals surface area contributed by atoms with E-state index in [4.69, 9.17) is 17.3 Å². The number of hydrogen-bond donors (Lipinski definition) is 2. The van der Waals surface area contributed by atoms with Gasteiger partial charge in [0.25, 0.3) is 0 Å². The van der Waals surface area contributed by atoms with Crippen LogP contribution in [-0.2, 0) is 21.2 Å². The summed E-state index contributed by atoms with van der Waals surface area (Å²) in [6.07, 6.45) is 1.23. The van der Waals surface area contributed by atoms with Crippen LogP contribution in [0.1, 0.15) is 12.0 Å². The molecule has 0 saturated carbocycles. The SMILES string of the molecule is CS(=O)(=O)CCC(N)C(=O)NCc1cccc(Cl)c1. The lowest BCUT2D eigenvalue weighted by Crippen LogP contribution is -2.41. The molecule has 0 radical (unpaired) electrons. The van der Waals surface area contributed by atoms with Crippen molar-refractivity contribution in [3.63, 3.8) is 0 Å². The molecule has 0 spiro atoms. The van der Waals surface area contributed by atoms with E-state index in [1.54, 1.807) is 18.2 Å². The summed E-state index contributed by atoms with van der Waals surface area (Å²) < 4.78 is 21.9. The van der Waals surface area contributed by atoms with E-state index in [9.17, 15) is 13.2 Å². The number of benzene rings is 1. The zero-order valence-electron chi connectivity index (χ0n) is 10.6. The van der Waals surface area contributed by atoms with Gasteiger partial charge in [-0.2, -0.15) is 0 Å². The lowest BCUT2D eigenvalue weighted by molar-refractivity contribution is -0.122. The fraction of sp³-hybridized carbons (Fsp3) is 0.417. The molecule has 19 heavy (non-hydrogen) atoms. The van der Waals surface area contributed by atoms with Gasteiger partial charge in [-0.15, -0.1) is 0 Å². The predicted molar refractivity (Wildman–Crippen MR) is 75.6 cm³/mol. The summed E-state index contributed by atoms with van der Waals surface area (Å²) in [5.74, 6) is -0.470. The minimum Gasteiger partial charge on any atom is -0.351 e. The highest BCUT2D eigenvalue weighted by Gasteiger charge is 2.15. The summed E-state index contributed by atoms with van der Waals surface area (Å²) >= 11 is 5.82. The Balaban J connectivity index is 2.42. The molecular formula is C12H17ClN2O3S. The maximum Gasteiger partial charge on any atom is 0.237 e. The standard InChI is InChI=1S/C12H17ClN2O3S/c1-19(17,18)6-5-11(14)12(16)15-8-9-3-2-4-10(13)7-9/h2-4,7,11H,5-6,8,14H2,1H3,(H,15,16). The van der Waals surface area contributed by atoms with Crippen molar-refractivity contribution in [3.8, 4) is 0 Å². The third-order valence-electron chi connectivity index (χ3n) is 2.49. The molecule has 0 aromatic heterocycles. The Bertz CT molecular complexity index is 546. The number of nitrogens with one attached hydrogen (secondary N) is 1. The third-order valence-corrected chi connectivity index (χ3v) is 3.70. The average Bonchev–Trinajstić information content (AvgIpc) is 2.32. The molecule has 0 bridgehead atoms. The van der Waals surface area contributed by atoms with E-state index in [1.807, 2.05) is 6.07 Å². The highest BCUT2D eigenvalue weighted by atomic mass is 35.5. The van der Waals surface area contributed by atoms with Gasteiger partial charge >= 0.3 is 0 Å². The summed E-state index contributed by atoms with van der Waals surface area (Å²) in [5.41, 5.74) is 6.47. The molecule has 1 amide bonds. The van der Waals surface area contributed by atoms with Gasteiger partial charge in [-0.1, -0.05) is 23.7 Å². The lowest BCUT2D eigenvalue weighted by Gasteiger charge is -2.11. The molecule has 106 valence electrons. The van der Waals surface area contributed by atoms with Crippen LogP contribution >= 0.6 is 11.6 Å². The van der Waals surface area contributed by atoms with Crippen molar-refractivity contribution in [1.82, 2.24) is 5.32 Å². The lowest BCUT2D eigenvalue weighted by atomic mass is 10.2. The highest BCUT2D eigenvalue weighted by Crippen LogP contribution is 2.10. The summed E-state index contributed by atoms with van der Waals surface area (Å²) in [7, 11) is -3.10. The van der Waals surface area contributed by atoms with Gasteiger partial charge in [0.15, 0.2) is 0 Å². The highest BCUT2D eigenvalue weighted by molar-refractivity contribution is 7.90. The summed E-state index contributed by atoms with van der Waals surface area (Å²) in [6.45, 7) is 0.311. The van der Waals surface area contributed by atoms with Crippen LogP contribution in [0.5, 0.6) is 0 Å². The summed E-state index contributed by atoms with van der Waals surface area (Å²) in [6, 6.07) is 6.27. The van der Waals surface area contributed by atoms with Crippen LogP contribution in [0, 0.1) is 0 Å². The molecular weight excluding hydrogens is 288 g/mol. The van der Waals surface area contributed by atoms with Crippen LogP contribution in [0.25, 0.3) is 0 Å². The molecule has 7 heteroatoms. The van der Waals surface area contributed by atoms with E-state index in [0.717, 1.165) is 11.8 Å². The first-order chi connectivity index (χ1) is 8.78. The van der Waals surface area contributed by atoms with Crippen molar-refractivity contribution < 1.29 is 13.2 Å². The number of rotatable bonds is 6. The van der Waals surface area contributed by atoms with E-state index >= 15 is 0 Å². The molecule has 1 aromatic carbocycles. The number of hydrogen-bond acceptors (Lipinski definition) is 4. The molecule has 0 aliphatic heterocycles. The Kier molecular flexibility index (Phi) is 5.78. The number of carbonyl (C=O) groups is 1. The molecule has 1 atom stereocenters. The van der Waals surface area contributed by atoms with Crippen molar-refractivity contribution in [3.05, 3.63) is 34.9 Å². The maximum atomic E-state index is 11.7. The molecule has 0 aliphatic rings. The quantitative estimate of drug-likeness (QED) is 0.810. The van der Waals surface area contributed by atoms with Crippen LogP contribution in [0.2, 0.25) is 5.02 Å². The number of nitrogens with two attached hydrogens (primary N) is 1. The van der Waals surface area contributed by atoms with E-state index < -0.39 is 15.9 Å². The number of carbonyl (C=O) groups excluding carboxylic acids is 1. The van der Waals surface area contributed by atoms with Crippen molar-refractivity contribution >= 4 is 27.3 Å². The smallest absolute Gasteiger partial charge is 0.237 e. The van der Waals surface area contributed by atoms with Crippen molar-refractivity contribution in [2.24, 2.45) is 5.73 Å². The van der Waals surface area contributed by atoms with E-state index in [1.165, 1.54) is 0 Å².